The molecule has 0 N–H and O–H groups in total. The third-order valence-electron chi connectivity index (χ3n) is 10.1. The van der Waals surface area contributed by atoms with Gasteiger partial charge >= 0.3 is 0 Å². The molecule has 0 fully saturated rings. The van der Waals surface area contributed by atoms with Crippen molar-refractivity contribution in [3.05, 3.63) is 170 Å². The first-order valence-corrected chi connectivity index (χ1v) is 18.0. The van der Waals surface area contributed by atoms with E-state index in [2.05, 4.69) is 179 Å². The minimum Gasteiger partial charge on any atom is -0.309 e. The molecule has 4 nitrogen and oxygen atoms in total. The minimum atomic E-state index is 0.723. The number of thiophene rings is 1. The van der Waals surface area contributed by atoms with Crippen LogP contribution in [0.4, 0.5) is 0 Å². The maximum atomic E-state index is 5.32. The molecule has 0 saturated heterocycles. The SMILES string of the molecule is c1ccc(-c2nc(-c3cccc(-n4c5ccccc5c5ccc6c(c7ccccc7n6-c6ccccc6)c54)c3)nc3sc4ccccc4c23)cc1. The van der Waals surface area contributed by atoms with E-state index >= 15 is 0 Å². The van der Waals surface area contributed by atoms with Gasteiger partial charge < -0.3 is 9.13 Å². The lowest BCUT2D eigenvalue weighted by Crippen LogP contribution is -1.97. The fraction of sp³-hybridized carbons (Fsp3) is 0. The molecule has 0 aliphatic heterocycles. The van der Waals surface area contributed by atoms with Crippen LogP contribution in [-0.2, 0) is 0 Å². The first-order valence-electron chi connectivity index (χ1n) is 17.2. The van der Waals surface area contributed by atoms with Gasteiger partial charge in [0.25, 0.3) is 0 Å². The fourth-order valence-electron chi connectivity index (χ4n) is 7.97. The molecule has 0 bridgehead atoms. The molecule has 0 unspecified atom stereocenters. The lowest BCUT2D eigenvalue weighted by Gasteiger charge is -2.12. The number of nitrogens with zero attached hydrogens (tertiary/aromatic N) is 4. The van der Waals surface area contributed by atoms with Crippen molar-refractivity contribution in [2.24, 2.45) is 0 Å². The highest BCUT2D eigenvalue weighted by atomic mass is 32.1. The zero-order chi connectivity index (χ0) is 33.5. The number of rotatable bonds is 4. The molecular weight excluding hydrogens is 641 g/mol. The summed E-state index contributed by atoms with van der Waals surface area (Å²) in [7, 11) is 0. The molecule has 51 heavy (non-hydrogen) atoms. The summed E-state index contributed by atoms with van der Waals surface area (Å²) < 4.78 is 6.05. The number of hydrogen-bond acceptors (Lipinski definition) is 3. The molecule has 11 rings (SSSR count). The van der Waals surface area contributed by atoms with Gasteiger partial charge in [-0.2, -0.15) is 0 Å². The van der Waals surface area contributed by atoms with Gasteiger partial charge in [0.15, 0.2) is 5.82 Å². The molecule has 4 heterocycles. The number of aromatic nitrogens is 4. The second kappa shape index (κ2) is 11.0. The van der Waals surface area contributed by atoms with Crippen molar-refractivity contribution in [3.63, 3.8) is 0 Å². The van der Waals surface area contributed by atoms with Crippen molar-refractivity contribution in [3.8, 4) is 34.0 Å². The third-order valence-corrected chi connectivity index (χ3v) is 11.2. The summed E-state index contributed by atoms with van der Waals surface area (Å²) in [5, 5.41) is 7.23. The Morgan fingerprint density at radius 3 is 1.88 bits per heavy atom. The second-order valence-electron chi connectivity index (χ2n) is 13.0. The van der Waals surface area contributed by atoms with Crippen molar-refractivity contribution in [1.82, 2.24) is 19.1 Å². The van der Waals surface area contributed by atoms with Gasteiger partial charge in [-0.1, -0.05) is 121 Å². The Morgan fingerprint density at radius 1 is 0.412 bits per heavy atom. The van der Waals surface area contributed by atoms with E-state index < -0.39 is 0 Å². The largest absolute Gasteiger partial charge is 0.309 e. The van der Waals surface area contributed by atoms with Gasteiger partial charge in [0.05, 0.1) is 27.8 Å². The van der Waals surface area contributed by atoms with Gasteiger partial charge in [0, 0.05) is 59.5 Å². The molecule has 238 valence electrons. The Morgan fingerprint density at radius 2 is 1.06 bits per heavy atom. The average Bonchev–Trinajstić information content (AvgIpc) is 3.86. The van der Waals surface area contributed by atoms with Gasteiger partial charge in [-0.3, -0.25) is 0 Å². The van der Waals surface area contributed by atoms with Crippen LogP contribution in [-0.4, -0.2) is 19.1 Å². The highest BCUT2D eigenvalue weighted by molar-refractivity contribution is 7.25. The van der Waals surface area contributed by atoms with E-state index in [-0.39, 0.29) is 0 Å². The third kappa shape index (κ3) is 4.19. The molecule has 4 aromatic heterocycles. The second-order valence-corrected chi connectivity index (χ2v) is 14.0. The summed E-state index contributed by atoms with van der Waals surface area (Å²) in [4.78, 5) is 11.6. The van der Waals surface area contributed by atoms with Gasteiger partial charge in [0.2, 0.25) is 0 Å². The molecule has 0 radical (unpaired) electrons. The summed E-state index contributed by atoms with van der Waals surface area (Å²) in [6, 6.07) is 60.6. The molecule has 7 aromatic carbocycles. The molecule has 5 heteroatoms. The smallest absolute Gasteiger partial charge is 0.161 e. The van der Waals surface area contributed by atoms with Gasteiger partial charge in [-0.05, 0) is 48.5 Å². The lowest BCUT2D eigenvalue weighted by molar-refractivity contribution is 1.17. The number of fused-ring (bicyclic) bond motifs is 10. The quantitative estimate of drug-likeness (QED) is 0.187. The fourth-order valence-corrected chi connectivity index (χ4v) is 9.05. The zero-order valence-corrected chi connectivity index (χ0v) is 28.2. The molecular formula is C46H28N4S. The van der Waals surface area contributed by atoms with Crippen molar-refractivity contribution in [2.75, 3.05) is 0 Å². The topological polar surface area (TPSA) is 35.6 Å². The maximum Gasteiger partial charge on any atom is 0.161 e. The molecule has 0 spiro atoms. The maximum absolute atomic E-state index is 5.32. The lowest BCUT2D eigenvalue weighted by atomic mass is 10.1. The first-order chi connectivity index (χ1) is 25.3. The Labute approximate surface area is 297 Å². The predicted molar refractivity (Wildman–Crippen MR) is 214 cm³/mol. The van der Waals surface area contributed by atoms with E-state index in [9.17, 15) is 0 Å². The van der Waals surface area contributed by atoms with Crippen molar-refractivity contribution in [2.45, 2.75) is 0 Å². The van der Waals surface area contributed by atoms with E-state index in [1.165, 1.54) is 53.7 Å². The van der Waals surface area contributed by atoms with Crippen LogP contribution in [0.15, 0.2) is 170 Å². The minimum absolute atomic E-state index is 0.723. The highest BCUT2D eigenvalue weighted by Gasteiger charge is 2.22. The Hall–Kier alpha value is -6.56. The molecule has 0 aliphatic carbocycles. The summed E-state index contributed by atoms with van der Waals surface area (Å²) >= 11 is 1.73. The molecule has 0 aliphatic rings. The van der Waals surface area contributed by atoms with Crippen molar-refractivity contribution >= 4 is 75.3 Å². The van der Waals surface area contributed by atoms with Gasteiger partial charge in [-0.15, -0.1) is 11.3 Å². The van der Waals surface area contributed by atoms with Crippen LogP contribution in [0.5, 0.6) is 0 Å². The average molecular weight is 669 g/mol. The van der Waals surface area contributed by atoms with Gasteiger partial charge in [-0.25, -0.2) is 9.97 Å². The highest BCUT2D eigenvalue weighted by Crippen LogP contribution is 2.43. The van der Waals surface area contributed by atoms with Crippen LogP contribution in [0.3, 0.4) is 0 Å². The van der Waals surface area contributed by atoms with Crippen LogP contribution in [0.25, 0.3) is 97.9 Å². The molecule has 0 saturated carbocycles. The van der Waals surface area contributed by atoms with Crippen LogP contribution >= 0.6 is 11.3 Å². The first kappa shape index (κ1) is 28.3. The van der Waals surface area contributed by atoms with E-state index in [0.29, 0.717) is 0 Å². The standard InChI is InChI=1S/C46H28N4S/c1-3-14-29(15-4-1)43-42-36-22-9-12-25-40(36)51-46(42)48-45(47-43)30-16-13-19-32(28-30)50-37-23-10-7-20-33(37)34-26-27-39-41(44(34)50)35-21-8-11-24-38(35)49(39)31-17-5-2-6-18-31/h1-28H. The summed E-state index contributed by atoms with van der Waals surface area (Å²) in [6.45, 7) is 0. The molecule has 0 amide bonds. The van der Waals surface area contributed by atoms with E-state index in [1.807, 2.05) is 0 Å². The summed E-state index contributed by atoms with van der Waals surface area (Å²) in [5.41, 5.74) is 9.99. The van der Waals surface area contributed by atoms with Crippen molar-refractivity contribution in [1.29, 1.82) is 0 Å². The monoisotopic (exact) mass is 668 g/mol. The number of benzene rings is 7. The Bertz CT molecular complexity index is 3130. The van der Waals surface area contributed by atoms with E-state index in [1.54, 1.807) is 11.3 Å². The Balaban J connectivity index is 1.20. The number of hydrogen-bond donors (Lipinski definition) is 0. The van der Waals surface area contributed by atoms with Crippen LogP contribution in [0, 0.1) is 0 Å². The van der Waals surface area contributed by atoms with E-state index in [4.69, 9.17) is 9.97 Å². The summed E-state index contributed by atoms with van der Waals surface area (Å²) in [6.07, 6.45) is 0. The molecule has 11 aromatic rings. The number of para-hydroxylation sites is 3. The Kier molecular flexibility index (Phi) is 6.09. The normalized spacial score (nSPS) is 11.9. The van der Waals surface area contributed by atoms with Crippen LogP contribution in [0.2, 0.25) is 0 Å². The van der Waals surface area contributed by atoms with E-state index in [0.717, 1.165) is 44.2 Å². The van der Waals surface area contributed by atoms with Crippen LogP contribution < -0.4 is 0 Å². The molecule has 0 atom stereocenters. The van der Waals surface area contributed by atoms with Crippen LogP contribution in [0.1, 0.15) is 0 Å². The predicted octanol–water partition coefficient (Wildman–Crippen LogP) is 12.4. The van der Waals surface area contributed by atoms with Crippen molar-refractivity contribution < 1.29 is 0 Å². The zero-order valence-electron chi connectivity index (χ0n) is 27.4. The van der Waals surface area contributed by atoms with Gasteiger partial charge in [0.1, 0.15) is 4.83 Å². The summed E-state index contributed by atoms with van der Waals surface area (Å²) in [5.74, 6) is 0.723.